The smallest absolute Gasteiger partial charge is 0.335 e. The molecule has 0 aliphatic heterocycles. The molecule has 1 aromatic heterocycles. The number of hydrogen-bond donors (Lipinski definition) is 1. The lowest BCUT2D eigenvalue weighted by molar-refractivity contribution is -0.131. The quantitative estimate of drug-likeness (QED) is 0.899. The summed E-state index contributed by atoms with van der Waals surface area (Å²) in [5, 5.41) is 9.01. The number of benzene rings is 1. The Bertz CT molecular complexity index is 644. The van der Waals surface area contributed by atoms with Crippen molar-refractivity contribution in [2.45, 2.75) is 20.4 Å². The first kappa shape index (κ1) is 14.0. The Morgan fingerprint density at radius 2 is 2.00 bits per heavy atom. The van der Waals surface area contributed by atoms with Crippen LogP contribution in [-0.4, -0.2) is 44.5 Å². The molecule has 0 fully saturated rings. The molecule has 1 N–H and O–H groups in total. The van der Waals surface area contributed by atoms with Gasteiger partial charge in [0.25, 0.3) is 0 Å². The number of carboxylic acids is 1. The SMILES string of the molecule is CCN(CC)C(=O)Cn1cnc2ccc(C(=O)O)cc21. The number of aromatic carboxylic acids is 1. The zero-order valence-corrected chi connectivity index (χ0v) is 11.5. The zero-order chi connectivity index (χ0) is 14.7. The minimum Gasteiger partial charge on any atom is -0.478 e. The topological polar surface area (TPSA) is 75.4 Å². The summed E-state index contributed by atoms with van der Waals surface area (Å²) in [7, 11) is 0. The molecule has 6 nitrogen and oxygen atoms in total. The summed E-state index contributed by atoms with van der Waals surface area (Å²) in [6.07, 6.45) is 1.57. The van der Waals surface area contributed by atoms with Gasteiger partial charge in [0.05, 0.1) is 22.9 Å². The molecule has 0 unspecified atom stereocenters. The van der Waals surface area contributed by atoms with Crippen molar-refractivity contribution in [2.24, 2.45) is 0 Å². The van der Waals surface area contributed by atoms with E-state index in [0.717, 1.165) is 0 Å². The molecule has 1 aromatic carbocycles. The lowest BCUT2D eigenvalue weighted by Crippen LogP contribution is -2.33. The van der Waals surface area contributed by atoms with Crippen LogP contribution in [0.15, 0.2) is 24.5 Å². The molecule has 0 radical (unpaired) electrons. The molecule has 0 spiro atoms. The molecule has 0 bridgehead atoms. The second-order valence-corrected chi connectivity index (χ2v) is 4.45. The molecule has 6 heteroatoms. The van der Waals surface area contributed by atoms with Gasteiger partial charge in [-0.2, -0.15) is 0 Å². The van der Waals surface area contributed by atoms with Gasteiger partial charge in [0.1, 0.15) is 6.54 Å². The van der Waals surface area contributed by atoms with Crippen molar-refractivity contribution in [2.75, 3.05) is 13.1 Å². The maximum absolute atomic E-state index is 12.1. The number of hydrogen-bond acceptors (Lipinski definition) is 3. The standard InChI is InChI=1S/C14H17N3O3/c1-3-16(4-2)13(18)8-17-9-15-11-6-5-10(14(19)20)7-12(11)17/h5-7,9H,3-4,8H2,1-2H3,(H,19,20). The summed E-state index contributed by atoms with van der Waals surface area (Å²) >= 11 is 0. The molecule has 0 aliphatic carbocycles. The molecule has 0 saturated carbocycles. The van der Waals surface area contributed by atoms with Crippen molar-refractivity contribution in [3.63, 3.8) is 0 Å². The minimum atomic E-state index is -0.991. The first-order chi connectivity index (χ1) is 9.56. The lowest BCUT2D eigenvalue weighted by atomic mass is 10.2. The molecule has 20 heavy (non-hydrogen) atoms. The van der Waals surface area contributed by atoms with Gasteiger partial charge in [-0.05, 0) is 32.0 Å². The van der Waals surface area contributed by atoms with E-state index in [1.165, 1.54) is 6.07 Å². The highest BCUT2D eigenvalue weighted by atomic mass is 16.4. The van der Waals surface area contributed by atoms with E-state index in [4.69, 9.17) is 5.11 Å². The summed E-state index contributed by atoms with van der Waals surface area (Å²) in [4.78, 5) is 29.0. The van der Waals surface area contributed by atoms with Gasteiger partial charge < -0.3 is 14.6 Å². The molecular formula is C14H17N3O3. The van der Waals surface area contributed by atoms with Crippen LogP contribution < -0.4 is 0 Å². The fourth-order valence-electron chi connectivity index (χ4n) is 2.14. The molecule has 0 aliphatic rings. The molecule has 1 heterocycles. The average molecular weight is 275 g/mol. The molecule has 2 aromatic rings. The highest BCUT2D eigenvalue weighted by Gasteiger charge is 2.13. The maximum Gasteiger partial charge on any atom is 0.335 e. The van der Waals surface area contributed by atoms with Crippen LogP contribution >= 0.6 is 0 Å². The Labute approximate surface area is 116 Å². The number of carboxylic acid groups (broad SMARTS) is 1. The summed E-state index contributed by atoms with van der Waals surface area (Å²) in [6.45, 7) is 5.33. The first-order valence-electron chi connectivity index (χ1n) is 6.52. The molecule has 106 valence electrons. The van der Waals surface area contributed by atoms with Crippen LogP contribution in [0.2, 0.25) is 0 Å². The second kappa shape index (κ2) is 5.73. The van der Waals surface area contributed by atoms with E-state index >= 15 is 0 Å². The van der Waals surface area contributed by atoms with E-state index in [1.807, 2.05) is 13.8 Å². The Kier molecular flexibility index (Phi) is 4.02. The van der Waals surface area contributed by atoms with Crippen molar-refractivity contribution in [1.82, 2.24) is 14.5 Å². The lowest BCUT2D eigenvalue weighted by Gasteiger charge is -2.18. The normalized spacial score (nSPS) is 10.7. The van der Waals surface area contributed by atoms with Gasteiger partial charge in [0.2, 0.25) is 5.91 Å². The maximum atomic E-state index is 12.1. The number of rotatable bonds is 5. The Balaban J connectivity index is 2.32. The van der Waals surface area contributed by atoms with Crippen molar-refractivity contribution in [3.05, 3.63) is 30.1 Å². The van der Waals surface area contributed by atoms with E-state index in [1.54, 1.807) is 27.9 Å². The highest BCUT2D eigenvalue weighted by Crippen LogP contribution is 2.15. The van der Waals surface area contributed by atoms with Crippen LogP contribution in [-0.2, 0) is 11.3 Å². The third-order valence-corrected chi connectivity index (χ3v) is 3.29. The van der Waals surface area contributed by atoms with Crippen LogP contribution in [0.5, 0.6) is 0 Å². The number of nitrogens with zero attached hydrogens (tertiary/aromatic N) is 3. The fraction of sp³-hybridized carbons (Fsp3) is 0.357. The van der Waals surface area contributed by atoms with Gasteiger partial charge in [-0.3, -0.25) is 4.79 Å². The van der Waals surface area contributed by atoms with E-state index in [2.05, 4.69) is 4.98 Å². The number of fused-ring (bicyclic) bond motifs is 1. The Morgan fingerprint density at radius 3 is 2.60 bits per heavy atom. The Morgan fingerprint density at radius 1 is 1.30 bits per heavy atom. The van der Waals surface area contributed by atoms with Gasteiger partial charge in [0.15, 0.2) is 0 Å². The first-order valence-corrected chi connectivity index (χ1v) is 6.52. The van der Waals surface area contributed by atoms with Crippen molar-refractivity contribution < 1.29 is 14.7 Å². The van der Waals surface area contributed by atoms with Crippen LogP contribution in [0, 0.1) is 0 Å². The second-order valence-electron chi connectivity index (χ2n) is 4.45. The highest BCUT2D eigenvalue weighted by molar-refractivity contribution is 5.92. The van der Waals surface area contributed by atoms with Gasteiger partial charge in [-0.15, -0.1) is 0 Å². The predicted octanol–water partition coefficient (Wildman–Crippen LogP) is 1.60. The monoisotopic (exact) mass is 275 g/mol. The largest absolute Gasteiger partial charge is 0.478 e. The predicted molar refractivity (Wildman–Crippen MR) is 74.6 cm³/mol. The third-order valence-electron chi connectivity index (χ3n) is 3.29. The van der Waals surface area contributed by atoms with E-state index in [0.29, 0.717) is 24.1 Å². The number of likely N-dealkylation sites (N-methyl/N-ethyl adjacent to an activating group) is 1. The van der Waals surface area contributed by atoms with Crippen LogP contribution in [0.4, 0.5) is 0 Å². The van der Waals surface area contributed by atoms with Gasteiger partial charge in [0, 0.05) is 13.1 Å². The van der Waals surface area contributed by atoms with Gasteiger partial charge in [-0.1, -0.05) is 0 Å². The fourth-order valence-corrected chi connectivity index (χ4v) is 2.14. The third kappa shape index (κ3) is 2.64. The van der Waals surface area contributed by atoms with Crippen molar-refractivity contribution >= 4 is 22.9 Å². The summed E-state index contributed by atoms with van der Waals surface area (Å²) in [5.74, 6) is -0.996. The Hall–Kier alpha value is -2.37. The van der Waals surface area contributed by atoms with Crippen molar-refractivity contribution in [3.8, 4) is 0 Å². The summed E-state index contributed by atoms with van der Waals surface area (Å²) < 4.78 is 1.68. The number of carbonyl (C=O) groups excluding carboxylic acids is 1. The number of aromatic nitrogens is 2. The molecular weight excluding hydrogens is 258 g/mol. The van der Waals surface area contributed by atoms with Crippen LogP contribution in [0.25, 0.3) is 11.0 Å². The minimum absolute atomic E-state index is 0.00460. The van der Waals surface area contributed by atoms with E-state index in [9.17, 15) is 9.59 Å². The number of imidazole rings is 1. The number of amides is 1. The summed E-state index contributed by atoms with van der Waals surface area (Å²) in [6, 6.07) is 4.70. The molecule has 2 rings (SSSR count). The van der Waals surface area contributed by atoms with Gasteiger partial charge in [-0.25, -0.2) is 9.78 Å². The molecule has 1 amide bonds. The van der Waals surface area contributed by atoms with E-state index in [-0.39, 0.29) is 18.0 Å². The average Bonchev–Trinajstić information content (AvgIpc) is 2.82. The van der Waals surface area contributed by atoms with Crippen molar-refractivity contribution in [1.29, 1.82) is 0 Å². The van der Waals surface area contributed by atoms with E-state index < -0.39 is 5.97 Å². The van der Waals surface area contributed by atoms with Gasteiger partial charge >= 0.3 is 5.97 Å². The summed E-state index contributed by atoms with van der Waals surface area (Å²) in [5.41, 5.74) is 1.53. The number of carbonyl (C=O) groups is 2. The van der Waals surface area contributed by atoms with Crippen LogP contribution in [0.3, 0.4) is 0 Å². The zero-order valence-electron chi connectivity index (χ0n) is 11.5. The molecule has 0 atom stereocenters. The molecule has 0 saturated heterocycles. The van der Waals surface area contributed by atoms with Crippen LogP contribution in [0.1, 0.15) is 24.2 Å².